The van der Waals surface area contributed by atoms with Gasteiger partial charge in [-0.15, -0.1) is 69.6 Å². The van der Waals surface area contributed by atoms with Crippen LogP contribution in [0.5, 0.6) is 0 Å². The molecule has 0 aromatic heterocycles. The van der Waals surface area contributed by atoms with Crippen LogP contribution in [0.2, 0.25) is 0 Å². The molecule has 7 heteroatoms. The molecule has 0 spiro atoms. The first kappa shape index (κ1) is 15.4. The summed E-state index contributed by atoms with van der Waals surface area (Å²) in [6, 6.07) is 0. The van der Waals surface area contributed by atoms with Crippen LogP contribution in [0.1, 0.15) is 0 Å². The van der Waals surface area contributed by atoms with Gasteiger partial charge in [0.25, 0.3) is 0 Å². The molecule has 1 aliphatic rings. The summed E-state index contributed by atoms with van der Waals surface area (Å²) in [6.07, 6.45) is 0. The Balaban J connectivity index is 0.00000144. The van der Waals surface area contributed by atoms with Crippen molar-refractivity contribution in [2.75, 3.05) is 0 Å². The first-order chi connectivity index (χ1) is 5.46. The average Bonchev–Trinajstić information content (AvgIpc) is 2.08. The van der Waals surface area contributed by atoms with Gasteiger partial charge < -0.3 is 0 Å². The summed E-state index contributed by atoms with van der Waals surface area (Å²) >= 11 is 35.3. The molecule has 0 aliphatic heterocycles. The summed E-state index contributed by atoms with van der Waals surface area (Å²) in [5.74, 6) is 0. The molecule has 0 N–H and O–H groups in total. The van der Waals surface area contributed by atoms with Crippen molar-refractivity contribution in [1.29, 1.82) is 0 Å². The van der Waals surface area contributed by atoms with Crippen LogP contribution in [0.25, 0.3) is 0 Å². The van der Waals surface area contributed by atoms with Crippen molar-refractivity contribution in [2.45, 2.75) is 32.3 Å². The van der Waals surface area contributed by atoms with Crippen molar-refractivity contribution in [1.82, 2.24) is 0 Å². The fourth-order valence-electron chi connectivity index (χ4n) is 1.05. The molecule has 0 aromatic rings. The molecule has 1 aliphatic carbocycles. The first-order valence-corrected chi connectivity index (χ1v) is 5.93. The van der Waals surface area contributed by atoms with Gasteiger partial charge in [0, 0.05) is 19.5 Å². The van der Waals surface area contributed by atoms with Gasteiger partial charge in [0.2, 0.25) is 0 Å². The Hall–Kier alpha value is 2.36. The van der Waals surface area contributed by atoms with E-state index in [9.17, 15) is 0 Å². The predicted molar refractivity (Wildman–Crippen MR) is 57.8 cm³/mol. The fraction of sp³-hybridized carbons (Fsp3) is 1.00. The Morgan fingerprint density at radius 3 is 0.538 bits per heavy atom. The minimum Gasteiger partial charge on any atom is -0.120 e. The molecular formula is C6H6Cl6Zn. The molecule has 0 saturated heterocycles. The van der Waals surface area contributed by atoms with Gasteiger partial charge in [0.1, 0.15) is 0 Å². The minimum absolute atomic E-state index is 0. The average molecular weight is 356 g/mol. The van der Waals surface area contributed by atoms with E-state index in [0.717, 1.165) is 0 Å². The topological polar surface area (TPSA) is 0 Å². The van der Waals surface area contributed by atoms with E-state index in [2.05, 4.69) is 0 Å². The summed E-state index contributed by atoms with van der Waals surface area (Å²) < 4.78 is 0. The molecule has 0 unspecified atom stereocenters. The van der Waals surface area contributed by atoms with E-state index in [1.54, 1.807) is 0 Å². The maximum absolute atomic E-state index is 5.88. The summed E-state index contributed by atoms with van der Waals surface area (Å²) in [5.41, 5.74) is 0. The van der Waals surface area contributed by atoms with Crippen LogP contribution < -0.4 is 0 Å². The predicted octanol–water partition coefficient (Wildman–Crippen LogP) is 3.64. The van der Waals surface area contributed by atoms with Crippen LogP contribution in [0, 0.1) is 0 Å². The molecular weight excluding hydrogens is 350 g/mol. The Labute approximate surface area is 120 Å². The van der Waals surface area contributed by atoms with Crippen LogP contribution >= 0.6 is 69.6 Å². The Morgan fingerprint density at radius 1 is 0.385 bits per heavy atom. The maximum atomic E-state index is 5.88. The zero-order valence-corrected chi connectivity index (χ0v) is 13.9. The van der Waals surface area contributed by atoms with E-state index >= 15 is 0 Å². The molecule has 1 fully saturated rings. The first-order valence-electron chi connectivity index (χ1n) is 3.31. The smallest absolute Gasteiger partial charge is 0.0693 e. The maximum Gasteiger partial charge on any atom is 0.0693 e. The van der Waals surface area contributed by atoms with Crippen LogP contribution in [0.3, 0.4) is 0 Å². The normalized spacial score (nSPS) is 51.2. The van der Waals surface area contributed by atoms with Crippen molar-refractivity contribution >= 4 is 69.6 Å². The molecule has 1 rings (SSSR count). The van der Waals surface area contributed by atoms with Gasteiger partial charge in [-0.05, 0) is 0 Å². The second kappa shape index (κ2) is 6.19. The molecule has 0 bridgehead atoms. The van der Waals surface area contributed by atoms with E-state index < -0.39 is 32.3 Å². The monoisotopic (exact) mass is 352 g/mol. The van der Waals surface area contributed by atoms with Crippen molar-refractivity contribution < 1.29 is 19.5 Å². The van der Waals surface area contributed by atoms with Crippen molar-refractivity contribution in [3.8, 4) is 0 Å². The molecule has 0 nitrogen and oxygen atoms in total. The molecule has 0 atom stereocenters. The number of hydrogen-bond donors (Lipinski definition) is 0. The van der Waals surface area contributed by atoms with Crippen LogP contribution in [0.4, 0.5) is 0 Å². The van der Waals surface area contributed by atoms with E-state index in [4.69, 9.17) is 69.6 Å². The largest absolute Gasteiger partial charge is 0.120 e. The second-order valence-electron chi connectivity index (χ2n) is 2.67. The Kier molecular flexibility index (Phi) is 7.31. The van der Waals surface area contributed by atoms with Gasteiger partial charge in [-0.1, -0.05) is 0 Å². The second-order valence-corrected chi connectivity index (χ2v) is 5.69. The molecule has 0 heterocycles. The van der Waals surface area contributed by atoms with Gasteiger partial charge in [0.05, 0.1) is 32.3 Å². The molecule has 13 heavy (non-hydrogen) atoms. The van der Waals surface area contributed by atoms with Crippen molar-refractivity contribution in [3.63, 3.8) is 0 Å². The number of alkyl halides is 6. The third kappa shape index (κ3) is 3.16. The van der Waals surface area contributed by atoms with Crippen molar-refractivity contribution in [2.24, 2.45) is 0 Å². The standard InChI is InChI=1S/C6H6Cl6.Zn/c7-1-2(8)4(10)6(12)5(11)3(1)9;/h1-6H;/t1-,2-,3-,4+,5+,6+;. The zero-order chi connectivity index (χ0) is 9.46. The third-order valence-electron chi connectivity index (χ3n) is 1.83. The summed E-state index contributed by atoms with van der Waals surface area (Å²) in [5, 5.41) is -2.62. The van der Waals surface area contributed by atoms with E-state index in [0.29, 0.717) is 0 Å². The molecule has 0 aromatic carbocycles. The van der Waals surface area contributed by atoms with Gasteiger partial charge in [0.15, 0.2) is 0 Å². The van der Waals surface area contributed by atoms with E-state index in [1.807, 2.05) is 0 Å². The van der Waals surface area contributed by atoms with Gasteiger partial charge >= 0.3 is 0 Å². The summed E-state index contributed by atoms with van der Waals surface area (Å²) in [4.78, 5) is 0. The van der Waals surface area contributed by atoms with Gasteiger partial charge in [-0.3, -0.25) is 0 Å². The SMILES string of the molecule is Cl[C@H]1[C@H](Cl)[C@@H](Cl)[C@@H](Cl)[C@H](Cl)[C@H]1Cl.[Zn]. The number of hydrogen-bond acceptors (Lipinski definition) is 0. The van der Waals surface area contributed by atoms with Crippen LogP contribution in [0.15, 0.2) is 0 Å². The van der Waals surface area contributed by atoms with Crippen LogP contribution in [-0.2, 0) is 19.5 Å². The number of rotatable bonds is 0. The third-order valence-corrected chi connectivity index (χ3v) is 5.86. The minimum atomic E-state index is -0.437. The Bertz CT molecular complexity index is 109. The quantitative estimate of drug-likeness (QED) is 0.459. The Morgan fingerprint density at radius 2 is 0.462 bits per heavy atom. The molecule has 0 radical (unpaired) electrons. The van der Waals surface area contributed by atoms with Gasteiger partial charge in [-0.2, -0.15) is 0 Å². The van der Waals surface area contributed by atoms with Gasteiger partial charge in [-0.25, -0.2) is 0 Å². The van der Waals surface area contributed by atoms with Crippen LogP contribution in [-0.4, -0.2) is 32.3 Å². The summed E-state index contributed by atoms with van der Waals surface area (Å²) in [7, 11) is 0. The molecule has 0 amide bonds. The molecule has 1 saturated carbocycles. The zero-order valence-electron chi connectivity index (χ0n) is 6.44. The molecule has 74 valence electrons. The van der Waals surface area contributed by atoms with Crippen molar-refractivity contribution in [3.05, 3.63) is 0 Å². The summed E-state index contributed by atoms with van der Waals surface area (Å²) in [6.45, 7) is 0. The van der Waals surface area contributed by atoms with E-state index in [1.165, 1.54) is 0 Å². The number of halogens is 6. The fourth-order valence-corrected chi connectivity index (χ4v) is 3.38. The van der Waals surface area contributed by atoms with E-state index in [-0.39, 0.29) is 19.5 Å².